The molecule has 0 fully saturated rings. The molecule has 30 heavy (non-hydrogen) atoms. The van der Waals surface area contributed by atoms with Crippen LogP contribution in [0.5, 0.6) is 17.2 Å². The molecule has 0 saturated carbocycles. The van der Waals surface area contributed by atoms with E-state index in [2.05, 4.69) is 10.0 Å². The second kappa shape index (κ2) is 10.2. The molecule has 2 N–H and O–H groups in total. The number of carbonyl (C=O) groups is 1. The van der Waals surface area contributed by atoms with Crippen LogP contribution in [0.25, 0.3) is 0 Å². The first-order valence-corrected chi connectivity index (χ1v) is 11.1. The first-order valence-electron chi connectivity index (χ1n) is 9.43. The summed E-state index contributed by atoms with van der Waals surface area (Å²) >= 11 is 0. The predicted octanol–water partition coefficient (Wildman–Crippen LogP) is 3.35. The van der Waals surface area contributed by atoms with Crippen molar-refractivity contribution in [3.63, 3.8) is 0 Å². The first-order chi connectivity index (χ1) is 14.2. The monoisotopic (exact) mass is 436 g/mol. The van der Waals surface area contributed by atoms with Gasteiger partial charge in [0.2, 0.25) is 21.7 Å². The van der Waals surface area contributed by atoms with Gasteiger partial charge in [-0.15, -0.1) is 0 Å². The minimum absolute atomic E-state index is 0.00939. The van der Waals surface area contributed by atoms with Crippen LogP contribution < -0.4 is 24.2 Å². The van der Waals surface area contributed by atoms with Gasteiger partial charge in [0.15, 0.2) is 11.5 Å². The van der Waals surface area contributed by atoms with Crippen molar-refractivity contribution in [1.82, 2.24) is 0 Å². The third-order valence-corrected chi connectivity index (χ3v) is 5.85. The number of benzene rings is 2. The lowest BCUT2D eigenvalue weighted by molar-refractivity contribution is -0.116. The number of rotatable bonds is 10. The average molecular weight is 437 g/mol. The normalized spacial score (nSPS) is 11.0. The molecule has 9 heteroatoms. The number of carbonyl (C=O) groups excluding carboxylic acids is 1. The third kappa shape index (κ3) is 5.79. The number of hydrogen-bond acceptors (Lipinski definition) is 6. The summed E-state index contributed by atoms with van der Waals surface area (Å²) in [6.45, 7) is 3.34. The van der Waals surface area contributed by atoms with Gasteiger partial charge in [-0.3, -0.25) is 9.52 Å². The zero-order valence-corrected chi connectivity index (χ0v) is 18.7. The van der Waals surface area contributed by atoms with Gasteiger partial charge in [-0.05, 0) is 55.7 Å². The summed E-state index contributed by atoms with van der Waals surface area (Å²) in [6, 6.07) is 8.63. The Morgan fingerprint density at radius 3 is 2.27 bits per heavy atom. The molecule has 0 spiro atoms. The highest BCUT2D eigenvalue weighted by molar-refractivity contribution is 7.92. The van der Waals surface area contributed by atoms with E-state index in [0.29, 0.717) is 40.6 Å². The molecule has 0 bridgehead atoms. The number of ether oxygens (including phenoxy) is 3. The van der Waals surface area contributed by atoms with Crippen LogP contribution in [0.2, 0.25) is 0 Å². The molecule has 8 nitrogen and oxygen atoms in total. The van der Waals surface area contributed by atoms with Crippen molar-refractivity contribution in [3.05, 3.63) is 41.5 Å². The molecular formula is C21H28N2O6S. The van der Waals surface area contributed by atoms with Crippen LogP contribution in [-0.4, -0.2) is 41.4 Å². The topological polar surface area (TPSA) is 103 Å². The predicted molar refractivity (Wildman–Crippen MR) is 117 cm³/mol. The van der Waals surface area contributed by atoms with Gasteiger partial charge in [-0.1, -0.05) is 6.07 Å². The summed E-state index contributed by atoms with van der Waals surface area (Å²) in [5.74, 6) is 1.39. The van der Waals surface area contributed by atoms with Gasteiger partial charge < -0.3 is 19.5 Å². The molecule has 1 amide bonds. The summed E-state index contributed by atoms with van der Waals surface area (Å²) in [5.41, 5.74) is 2.62. The molecule has 0 aliphatic rings. The number of anilines is 2. The van der Waals surface area contributed by atoms with Gasteiger partial charge in [-0.2, -0.15) is 0 Å². The van der Waals surface area contributed by atoms with Crippen LogP contribution in [0.3, 0.4) is 0 Å². The quantitative estimate of drug-likeness (QED) is 0.592. The highest BCUT2D eigenvalue weighted by atomic mass is 32.2. The lowest BCUT2D eigenvalue weighted by atomic mass is 10.1. The molecule has 2 aromatic rings. The van der Waals surface area contributed by atoms with E-state index >= 15 is 0 Å². The fourth-order valence-electron chi connectivity index (χ4n) is 2.93. The summed E-state index contributed by atoms with van der Waals surface area (Å²) in [4.78, 5) is 12.4. The number of aryl methyl sites for hydroxylation is 2. The number of nitrogens with one attached hydrogen (secondary N) is 2. The first kappa shape index (κ1) is 23.3. The number of sulfonamides is 1. The SMILES string of the molecule is CCS(=O)(=O)Nc1ccc(NC(=O)CCc2ccc(OC)c(OC)c2OC)cc1C. The minimum atomic E-state index is -3.36. The fraction of sp³-hybridized carbons (Fsp3) is 0.381. The summed E-state index contributed by atoms with van der Waals surface area (Å²) in [5, 5.41) is 2.83. The van der Waals surface area contributed by atoms with E-state index in [4.69, 9.17) is 14.2 Å². The second-order valence-corrected chi connectivity index (χ2v) is 8.59. The van der Waals surface area contributed by atoms with E-state index in [1.165, 1.54) is 14.2 Å². The maximum absolute atomic E-state index is 12.4. The smallest absolute Gasteiger partial charge is 0.232 e. The number of hydrogen-bond donors (Lipinski definition) is 2. The number of methoxy groups -OCH3 is 3. The molecule has 0 aliphatic carbocycles. The van der Waals surface area contributed by atoms with Crippen LogP contribution in [-0.2, 0) is 21.2 Å². The van der Waals surface area contributed by atoms with Crippen LogP contribution in [0.4, 0.5) is 11.4 Å². The Morgan fingerprint density at radius 2 is 1.70 bits per heavy atom. The van der Waals surface area contributed by atoms with Gasteiger partial charge in [0.1, 0.15) is 0 Å². The zero-order valence-electron chi connectivity index (χ0n) is 17.9. The maximum Gasteiger partial charge on any atom is 0.232 e. The molecule has 0 heterocycles. The Hall–Kier alpha value is -2.94. The largest absolute Gasteiger partial charge is 0.493 e. The van der Waals surface area contributed by atoms with Crippen LogP contribution in [0, 0.1) is 6.92 Å². The molecule has 0 radical (unpaired) electrons. The van der Waals surface area contributed by atoms with E-state index in [-0.39, 0.29) is 18.1 Å². The Balaban J connectivity index is 2.06. The zero-order chi connectivity index (χ0) is 22.3. The standard InChI is InChI=1S/C21H28N2O6S/c1-6-30(25,26)23-17-10-9-16(13-14(17)2)22-19(24)12-8-15-7-11-18(27-3)21(29-5)20(15)28-4/h7,9-11,13,23H,6,8,12H2,1-5H3,(H,22,24). The van der Waals surface area contributed by atoms with Crippen LogP contribution in [0.15, 0.2) is 30.3 Å². The highest BCUT2D eigenvalue weighted by Gasteiger charge is 2.17. The molecular weight excluding hydrogens is 408 g/mol. The molecule has 2 aromatic carbocycles. The Labute approximate surface area is 177 Å². The van der Waals surface area contributed by atoms with Gasteiger partial charge in [0, 0.05) is 12.1 Å². The molecule has 0 aromatic heterocycles. The van der Waals surface area contributed by atoms with Gasteiger partial charge >= 0.3 is 0 Å². The minimum Gasteiger partial charge on any atom is -0.493 e. The molecule has 0 aliphatic heterocycles. The summed E-state index contributed by atoms with van der Waals surface area (Å²) < 4.78 is 42.1. The van der Waals surface area contributed by atoms with Crippen molar-refractivity contribution < 1.29 is 27.4 Å². The number of amides is 1. The maximum atomic E-state index is 12.4. The van der Waals surface area contributed by atoms with Crippen molar-refractivity contribution in [3.8, 4) is 17.2 Å². The molecule has 0 saturated heterocycles. The van der Waals surface area contributed by atoms with E-state index < -0.39 is 10.0 Å². The van der Waals surface area contributed by atoms with Gasteiger partial charge in [0.25, 0.3) is 0 Å². The van der Waals surface area contributed by atoms with Crippen molar-refractivity contribution in [2.45, 2.75) is 26.7 Å². The van der Waals surface area contributed by atoms with Crippen molar-refractivity contribution in [2.75, 3.05) is 37.1 Å². The van der Waals surface area contributed by atoms with E-state index in [1.54, 1.807) is 45.2 Å². The third-order valence-electron chi connectivity index (χ3n) is 4.56. The van der Waals surface area contributed by atoms with E-state index in [1.807, 2.05) is 6.07 Å². The van der Waals surface area contributed by atoms with E-state index in [9.17, 15) is 13.2 Å². The fourth-order valence-corrected chi connectivity index (χ4v) is 3.64. The lowest BCUT2D eigenvalue weighted by Gasteiger charge is -2.16. The average Bonchev–Trinajstić information content (AvgIpc) is 2.73. The van der Waals surface area contributed by atoms with Gasteiger partial charge in [-0.25, -0.2) is 8.42 Å². The molecule has 0 unspecified atom stereocenters. The summed E-state index contributed by atoms with van der Waals surface area (Å²) in [6.07, 6.45) is 0.678. The molecule has 164 valence electrons. The van der Waals surface area contributed by atoms with Crippen molar-refractivity contribution in [1.29, 1.82) is 0 Å². The lowest BCUT2D eigenvalue weighted by Crippen LogP contribution is -2.16. The Morgan fingerprint density at radius 1 is 1.00 bits per heavy atom. The summed E-state index contributed by atoms with van der Waals surface area (Å²) in [7, 11) is 1.26. The Bertz CT molecular complexity index is 1000. The van der Waals surface area contributed by atoms with Crippen molar-refractivity contribution >= 4 is 27.3 Å². The Kier molecular flexibility index (Phi) is 7.93. The van der Waals surface area contributed by atoms with Crippen molar-refractivity contribution in [2.24, 2.45) is 0 Å². The second-order valence-electron chi connectivity index (χ2n) is 6.58. The van der Waals surface area contributed by atoms with Crippen LogP contribution in [0.1, 0.15) is 24.5 Å². The van der Waals surface area contributed by atoms with Crippen LogP contribution >= 0.6 is 0 Å². The molecule has 2 rings (SSSR count). The van der Waals surface area contributed by atoms with E-state index in [0.717, 1.165) is 5.56 Å². The highest BCUT2D eigenvalue weighted by Crippen LogP contribution is 2.40. The molecule has 0 atom stereocenters. The van der Waals surface area contributed by atoms with Gasteiger partial charge in [0.05, 0.1) is 32.8 Å².